The fourth-order valence-electron chi connectivity index (χ4n) is 5.19. The number of carbonyl (C=O) groups is 1. The van der Waals surface area contributed by atoms with Gasteiger partial charge < -0.3 is 28.8 Å². The van der Waals surface area contributed by atoms with E-state index < -0.39 is 26.6 Å². The highest BCUT2D eigenvalue weighted by molar-refractivity contribution is 7.45. The zero-order chi connectivity index (χ0) is 38.6. The summed E-state index contributed by atoms with van der Waals surface area (Å²) in [7, 11) is 1.21. The molecule has 0 heterocycles. The SMILES string of the molecule is CC/C=C\C/C=C\C/C=C\C/C=C\C/C=C\CCCC(=O)NC(COP(=O)([O-])OCC[N+](C)(C)C)C(O)/C=C/CCCCCCCCCCCCC. The highest BCUT2D eigenvalue weighted by Gasteiger charge is 2.23. The number of phosphoric ester groups is 1. The van der Waals surface area contributed by atoms with Crippen LogP contribution in [0.5, 0.6) is 0 Å². The number of quaternary nitrogens is 1. The van der Waals surface area contributed by atoms with Crippen LogP contribution >= 0.6 is 7.82 Å². The molecule has 1 amide bonds. The van der Waals surface area contributed by atoms with E-state index >= 15 is 0 Å². The second kappa shape index (κ2) is 34.7. The van der Waals surface area contributed by atoms with E-state index in [-0.39, 0.29) is 18.9 Å². The molecular weight excluding hydrogens is 671 g/mol. The Kier molecular flexibility index (Phi) is 33.3. The molecule has 0 aliphatic heterocycles. The van der Waals surface area contributed by atoms with Crippen molar-refractivity contribution in [1.29, 1.82) is 0 Å². The summed E-state index contributed by atoms with van der Waals surface area (Å²) in [5.74, 6) is -0.259. The third kappa shape index (κ3) is 36.3. The molecule has 0 aliphatic rings. The van der Waals surface area contributed by atoms with Crippen LogP contribution in [0.25, 0.3) is 0 Å². The quantitative estimate of drug-likeness (QED) is 0.0289. The highest BCUT2D eigenvalue weighted by Crippen LogP contribution is 2.38. The lowest BCUT2D eigenvalue weighted by Crippen LogP contribution is -2.45. The Morgan fingerprint density at radius 3 is 1.69 bits per heavy atom. The van der Waals surface area contributed by atoms with Crippen LogP contribution in [-0.2, 0) is 18.4 Å². The van der Waals surface area contributed by atoms with Crippen molar-refractivity contribution in [2.24, 2.45) is 0 Å². The average Bonchev–Trinajstić information content (AvgIpc) is 3.09. The van der Waals surface area contributed by atoms with E-state index in [1.165, 1.54) is 57.8 Å². The minimum atomic E-state index is -4.60. The van der Waals surface area contributed by atoms with E-state index in [0.29, 0.717) is 17.4 Å². The first-order valence-electron chi connectivity index (χ1n) is 20.3. The monoisotopic (exact) mass is 749 g/mol. The maximum atomic E-state index is 12.8. The van der Waals surface area contributed by atoms with Crippen molar-refractivity contribution in [2.45, 2.75) is 154 Å². The number of likely N-dealkylation sites (N-methyl/N-ethyl adjacent to an activating group) is 1. The normalized spacial score (nSPS) is 15.3. The topological polar surface area (TPSA) is 108 Å². The fraction of sp³-hybridized carbons (Fsp3) is 0.698. The summed E-state index contributed by atoms with van der Waals surface area (Å²) >= 11 is 0. The van der Waals surface area contributed by atoms with E-state index in [4.69, 9.17) is 9.05 Å². The lowest BCUT2D eigenvalue weighted by atomic mass is 10.0. The molecule has 0 bridgehead atoms. The molecule has 0 aromatic rings. The zero-order valence-electron chi connectivity index (χ0n) is 33.7. The van der Waals surface area contributed by atoms with Crippen LogP contribution in [0, 0.1) is 0 Å². The van der Waals surface area contributed by atoms with Gasteiger partial charge in [0.2, 0.25) is 5.91 Å². The first-order chi connectivity index (χ1) is 25.0. The number of nitrogens with one attached hydrogen (secondary N) is 1. The Hall–Kier alpha value is -2.06. The Labute approximate surface area is 319 Å². The van der Waals surface area contributed by atoms with Gasteiger partial charge in [-0.2, -0.15) is 0 Å². The molecule has 52 heavy (non-hydrogen) atoms. The summed E-state index contributed by atoms with van der Waals surface area (Å²) in [5.41, 5.74) is 0. The Morgan fingerprint density at radius 2 is 1.17 bits per heavy atom. The number of aliphatic hydroxyl groups excluding tert-OH is 1. The first kappa shape index (κ1) is 49.9. The van der Waals surface area contributed by atoms with E-state index in [1.807, 2.05) is 27.2 Å². The Bertz CT molecular complexity index is 1080. The van der Waals surface area contributed by atoms with Gasteiger partial charge in [-0.25, -0.2) is 0 Å². The molecule has 0 aliphatic carbocycles. The van der Waals surface area contributed by atoms with Crippen LogP contribution in [0.15, 0.2) is 72.9 Å². The van der Waals surface area contributed by atoms with Gasteiger partial charge in [0.1, 0.15) is 13.2 Å². The molecule has 3 unspecified atom stereocenters. The molecule has 300 valence electrons. The maximum absolute atomic E-state index is 12.8. The van der Waals surface area contributed by atoms with Crippen molar-refractivity contribution < 1.29 is 32.9 Å². The summed E-state index contributed by atoms with van der Waals surface area (Å²) in [6, 6.07) is -0.918. The van der Waals surface area contributed by atoms with Crippen molar-refractivity contribution in [3.63, 3.8) is 0 Å². The van der Waals surface area contributed by atoms with Gasteiger partial charge in [0.05, 0.1) is 39.9 Å². The van der Waals surface area contributed by atoms with E-state index in [2.05, 4.69) is 79.9 Å². The molecule has 0 aromatic heterocycles. The van der Waals surface area contributed by atoms with E-state index in [9.17, 15) is 19.4 Å². The predicted octanol–water partition coefficient (Wildman–Crippen LogP) is 10.2. The average molecular weight is 749 g/mol. The molecule has 3 atom stereocenters. The molecule has 0 fully saturated rings. The molecule has 2 N–H and O–H groups in total. The number of carbonyl (C=O) groups excluding carboxylic acids is 1. The molecular formula is C43H77N2O6P. The molecule has 0 spiro atoms. The molecule has 0 saturated heterocycles. The minimum absolute atomic E-state index is 0.0154. The largest absolute Gasteiger partial charge is 0.756 e. The van der Waals surface area contributed by atoms with E-state index in [0.717, 1.165) is 57.8 Å². The standard InChI is InChI=1S/C43H77N2O6P/c1-6-8-10-12-14-16-18-20-21-22-23-25-27-29-31-33-35-37-43(47)44-41(40-51-52(48,49)50-39-38-45(3,4)5)42(46)36-34-32-30-28-26-24-19-17-15-13-11-9-7-2/h8,10,14,16,20-21,23,25,29,31,34,36,41-42,46H,6-7,9,11-13,15,17-19,22,24,26-28,30,32-33,35,37-40H2,1-5H3,(H-,44,47,48,49)/b10-8-,16-14-,21-20-,25-23-,31-29-,36-34+. The number of phosphoric acid groups is 1. The van der Waals surface area contributed by atoms with Gasteiger partial charge in [-0.15, -0.1) is 0 Å². The van der Waals surface area contributed by atoms with Crippen molar-refractivity contribution in [3.05, 3.63) is 72.9 Å². The van der Waals surface area contributed by atoms with Crippen LogP contribution in [0.3, 0.4) is 0 Å². The Balaban J connectivity index is 4.62. The van der Waals surface area contributed by atoms with Gasteiger partial charge in [-0.1, -0.05) is 151 Å². The lowest BCUT2D eigenvalue weighted by molar-refractivity contribution is -0.870. The summed E-state index contributed by atoms with van der Waals surface area (Å²) in [6.07, 6.45) is 45.2. The number of rotatable bonds is 35. The number of amides is 1. The second-order valence-electron chi connectivity index (χ2n) is 14.6. The van der Waals surface area contributed by atoms with Crippen LogP contribution < -0.4 is 10.2 Å². The number of hydrogen-bond donors (Lipinski definition) is 2. The third-order valence-electron chi connectivity index (χ3n) is 8.42. The smallest absolute Gasteiger partial charge is 0.268 e. The van der Waals surface area contributed by atoms with E-state index in [1.54, 1.807) is 6.08 Å². The molecule has 0 aromatic carbocycles. The van der Waals surface area contributed by atoms with Crippen molar-refractivity contribution in [2.75, 3.05) is 40.9 Å². The predicted molar refractivity (Wildman–Crippen MR) is 219 cm³/mol. The van der Waals surface area contributed by atoms with Gasteiger partial charge in [0.15, 0.2) is 0 Å². The third-order valence-corrected chi connectivity index (χ3v) is 9.39. The van der Waals surface area contributed by atoms with Gasteiger partial charge in [0, 0.05) is 6.42 Å². The van der Waals surface area contributed by atoms with Crippen molar-refractivity contribution in [1.82, 2.24) is 5.32 Å². The molecule has 0 radical (unpaired) electrons. The first-order valence-corrected chi connectivity index (χ1v) is 21.8. The van der Waals surface area contributed by atoms with Crippen LogP contribution in [-0.4, -0.2) is 68.5 Å². The highest BCUT2D eigenvalue weighted by atomic mass is 31.2. The number of allylic oxidation sites excluding steroid dienone is 11. The van der Waals surface area contributed by atoms with Crippen molar-refractivity contribution in [3.8, 4) is 0 Å². The van der Waals surface area contributed by atoms with Gasteiger partial charge in [0.25, 0.3) is 7.82 Å². The molecule has 9 heteroatoms. The van der Waals surface area contributed by atoms with Gasteiger partial charge in [-0.05, 0) is 57.8 Å². The maximum Gasteiger partial charge on any atom is 0.268 e. The van der Waals surface area contributed by atoms with Gasteiger partial charge >= 0.3 is 0 Å². The number of nitrogens with zero attached hydrogens (tertiary/aromatic N) is 1. The fourth-order valence-corrected chi connectivity index (χ4v) is 5.91. The minimum Gasteiger partial charge on any atom is -0.756 e. The van der Waals surface area contributed by atoms with Crippen molar-refractivity contribution >= 4 is 13.7 Å². The van der Waals surface area contributed by atoms with Crippen LogP contribution in [0.1, 0.15) is 142 Å². The molecule has 8 nitrogen and oxygen atoms in total. The lowest BCUT2D eigenvalue weighted by Gasteiger charge is -2.29. The summed E-state index contributed by atoms with van der Waals surface area (Å²) in [4.78, 5) is 25.2. The molecule has 0 rings (SSSR count). The number of aliphatic hydroxyl groups is 1. The summed E-state index contributed by atoms with van der Waals surface area (Å²) < 4.78 is 23.1. The van der Waals surface area contributed by atoms with Gasteiger partial charge in [-0.3, -0.25) is 9.36 Å². The number of hydrogen-bond acceptors (Lipinski definition) is 6. The molecule has 0 saturated carbocycles. The zero-order valence-corrected chi connectivity index (χ0v) is 34.6. The van der Waals surface area contributed by atoms with Crippen LogP contribution in [0.4, 0.5) is 0 Å². The van der Waals surface area contributed by atoms with Crippen LogP contribution in [0.2, 0.25) is 0 Å². The second-order valence-corrected chi connectivity index (χ2v) is 16.0. The summed E-state index contributed by atoms with van der Waals surface area (Å²) in [5, 5.41) is 13.7. The summed E-state index contributed by atoms with van der Waals surface area (Å²) in [6.45, 7) is 4.45. The Morgan fingerprint density at radius 1 is 0.692 bits per heavy atom. The number of unbranched alkanes of at least 4 members (excludes halogenated alkanes) is 12.